The molecule has 1 aromatic carbocycles. The third kappa shape index (κ3) is 2.89. The van der Waals surface area contributed by atoms with Gasteiger partial charge in [-0.15, -0.1) is 0 Å². The summed E-state index contributed by atoms with van der Waals surface area (Å²) >= 11 is 0. The first-order valence-corrected chi connectivity index (χ1v) is 9.33. The van der Waals surface area contributed by atoms with Crippen LogP contribution in [0.4, 0.5) is 0 Å². The van der Waals surface area contributed by atoms with E-state index < -0.39 is 17.3 Å². The van der Waals surface area contributed by atoms with Crippen molar-refractivity contribution < 1.29 is 14.2 Å². The van der Waals surface area contributed by atoms with Gasteiger partial charge in [0, 0.05) is 17.5 Å². The van der Waals surface area contributed by atoms with Crippen LogP contribution in [0.1, 0.15) is 30.7 Å². The summed E-state index contributed by atoms with van der Waals surface area (Å²) in [5, 5.41) is 38.6. The lowest BCUT2D eigenvalue weighted by molar-refractivity contribution is 0.303. The minimum Gasteiger partial charge on any atom is -0.496 e. The van der Waals surface area contributed by atoms with Crippen LogP contribution >= 0.6 is 0 Å². The number of nitriles is 3. The molecule has 0 bridgehead atoms. The molecule has 2 aliphatic rings. The molecule has 0 radical (unpaired) electrons. The minimum atomic E-state index is -1.77. The second-order valence-corrected chi connectivity index (χ2v) is 7.18. The molecule has 1 saturated carbocycles. The van der Waals surface area contributed by atoms with E-state index in [1.807, 2.05) is 6.08 Å². The molecule has 0 unspecified atom stereocenters. The van der Waals surface area contributed by atoms with Crippen LogP contribution in [0.25, 0.3) is 0 Å². The van der Waals surface area contributed by atoms with Crippen molar-refractivity contribution in [2.75, 3.05) is 21.3 Å². The normalized spacial score (nSPS) is 24.8. The molecule has 0 aliphatic heterocycles. The zero-order valence-electron chi connectivity index (χ0n) is 16.7. The van der Waals surface area contributed by atoms with E-state index in [0.717, 1.165) is 24.8 Å². The SMILES string of the molecule is COc1cc(OC)c([C@@H]2[C@@H]3CCCC=C3[C@@H](C#N)C(=N)C2(C#N)C#N)cc1OC. The number of allylic oxidation sites excluding steroid dienone is 2. The monoisotopic (exact) mass is 390 g/mol. The average Bonchev–Trinajstić information content (AvgIpc) is 2.77. The first-order chi connectivity index (χ1) is 14.0. The lowest BCUT2D eigenvalue weighted by Gasteiger charge is -2.46. The van der Waals surface area contributed by atoms with Crippen LogP contribution in [0.5, 0.6) is 17.2 Å². The maximum atomic E-state index is 10.1. The Balaban J connectivity index is 2.34. The highest BCUT2D eigenvalue weighted by atomic mass is 16.5. The van der Waals surface area contributed by atoms with E-state index in [-0.39, 0.29) is 11.6 Å². The fourth-order valence-electron chi connectivity index (χ4n) is 4.65. The predicted molar refractivity (Wildman–Crippen MR) is 105 cm³/mol. The second kappa shape index (κ2) is 7.86. The Bertz CT molecular complexity index is 979. The van der Waals surface area contributed by atoms with Gasteiger partial charge in [0.25, 0.3) is 0 Å². The highest BCUT2D eigenvalue weighted by Gasteiger charge is 2.57. The summed E-state index contributed by atoms with van der Waals surface area (Å²) < 4.78 is 16.4. The Morgan fingerprint density at radius 3 is 2.17 bits per heavy atom. The van der Waals surface area contributed by atoms with E-state index in [0.29, 0.717) is 22.8 Å². The van der Waals surface area contributed by atoms with E-state index in [4.69, 9.17) is 19.6 Å². The topological polar surface area (TPSA) is 123 Å². The fraction of sp³-hybridized carbons (Fsp3) is 0.455. The van der Waals surface area contributed by atoms with Crippen LogP contribution in [0.3, 0.4) is 0 Å². The maximum Gasteiger partial charge on any atom is 0.189 e. The third-order valence-electron chi connectivity index (χ3n) is 6.00. The Hall–Kier alpha value is -3.50. The molecule has 1 N–H and O–H groups in total. The molecule has 0 amide bonds. The number of hydrogen-bond acceptors (Lipinski definition) is 7. The number of fused-ring (bicyclic) bond motifs is 1. The number of benzene rings is 1. The summed E-state index contributed by atoms with van der Waals surface area (Å²) in [5.74, 6) is -0.362. The van der Waals surface area contributed by atoms with E-state index in [1.54, 1.807) is 12.1 Å². The van der Waals surface area contributed by atoms with Crippen molar-refractivity contribution in [3.63, 3.8) is 0 Å². The van der Waals surface area contributed by atoms with Gasteiger partial charge in [-0.3, -0.25) is 0 Å². The molecule has 3 rings (SSSR count). The highest BCUT2D eigenvalue weighted by molar-refractivity contribution is 6.01. The highest BCUT2D eigenvalue weighted by Crippen LogP contribution is 2.57. The number of hydrogen-bond donors (Lipinski definition) is 1. The Morgan fingerprint density at radius 1 is 1.00 bits per heavy atom. The van der Waals surface area contributed by atoms with Gasteiger partial charge in [-0.05, 0) is 36.8 Å². The lowest BCUT2D eigenvalue weighted by Crippen LogP contribution is -2.48. The van der Waals surface area contributed by atoms with Gasteiger partial charge in [-0.25, -0.2) is 0 Å². The zero-order chi connectivity index (χ0) is 21.2. The lowest BCUT2D eigenvalue weighted by atomic mass is 9.53. The number of nitrogens with zero attached hydrogens (tertiary/aromatic N) is 3. The van der Waals surface area contributed by atoms with Gasteiger partial charge in [0.05, 0.1) is 45.2 Å². The molecule has 7 heteroatoms. The summed E-state index contributed by atoms with van der Waals surface area (Å²) in [6, 6.07) is 9.71. The molecule has 0 heterocycles. The Kier molecular flexibility index (Phi) is 5.48. The van der Waals surface area contributed by atoms with Gasteiger partial charge < -0.3 is 19.6 Å². The van der Waals surface area contributed by atoms with Gasteiger partial charge in [0.2, 0.25) is 0 Å². The number of methoxy groups -OCH3 is 3. The molecule has 0 saturated heterocycles. The smallest absolute Gasteiger partial charge is 0.189 e. The van der Waals surface area contributed by atoms with Crippen molar-refractivity contribution in [2.24, 2.45) is 17.3 Å². The average molecular weight is 390 g/mol. The minimum absolute atomic E-state index is 0.170. The van der Waals surface area contributed by atoms with Crippen LogP contribution in [-0.4, -0.2) is 27.0 Å². The number of rotatable bonds is 4. The van der Waals surface area contributed by atoms with E-state index in [9.17, 15) is 15.8 Å². The van der Waals surface area contributed by atoms with E-state index >= 15 is 0 Å². The van der Waals surface area contributed by atoms with Crippen molar-refractivity contribution >= 4 is 5.71 Å². The molecule has 1 fully saturated rings. The molecule has 0 aromatic heterocycles. The molecule has 2 aliphatic carbocycles. The van der Waals surface area contributed by atoms with Crippen molar-refractivity contribution in [2.45, 2.75) is 25.2 Å². The summed E-state index contributed by atoms with van der Waals surface area (Å²) in [7, 11) is 4.53. The van der Waals surface area contributed by atoms with Crippen LogP contribution in [0.15, 0.2) is 23.8 Å². The van der Waals surface area contributed by atoms with Crippen LogP contribution in [0.2, 0.25) is 0 Å². The van der Waals surface area contributed by atoms with E-state index in [1.165, 1.54) is 21.3 Å². The standard InChI is InChI=1S/C22H22N4O3/c1-27-17-9-19(29-3)18(28-2)8-15(17)20-14-7-5-4-6-13(14)16(10-23)21(26)22(20,11-24)12-25/h6,8-9,14,16,20,26H,4-5,7H2,1-3H3/t14-,16-,20+/m1/s1. The van der Waals surface area contributed by atoms with Crippen LogP contribution in [0, 0.1) is 56.7 Å². The fourth-order valence-corrected chi connectivity index (χ4v) is 4.65. The molecule has 7 nitrogen and oxygen atoms in total. The summed E-state index contributed by atoms with van der Waals surface area (Å²) in [6.45, 7) is 0. The molecule has 1 aromatic rings. The zero-order valence-corrected chi connectivity index (χ0v) is 16.7. The van der Waals surface area contributed by atoms with Crippen molar-refractivity contribution in [3.8, 4) is 35.5 Å². The molecular weight excluding hydrogens is 368 g/mol. The summed E-state index contributed by atoms with van der Waals surface area (Å²) in [6.07, 6.45) is 4.43. The Morgan fingerprint density at radius 2 is 1.62 bits per heavy atom. The molecule has 29 heavy (non-hydrogen) atoms. The van der Waals surface area contributed by atoms with Crippen LogP contribution < -0.4 is 14.2 Å². The van der Waals surface area contributed by atoms with Crippen molar-refractivity contribution in [1.29, 1.82) is 21.2 Å². The van der Waals surface area contributed by atoms with Gasteiger partial charge >= 0.3 is 0 Å². The maximum absolute atomic E-state index is 10.1. The quantitative estimate of drug-likeness (QED) is 0.781. The van der Waals surface area contributed by atoms with Crippen molar-refractivity contribution in [3.05, 3.63) is 29.3 Å². The molecule has 148 valence electrons. The summed E-state index contributed by atoms with van der Waals surface area (Å²) in [4.78, 5) is 0. The van der Waals surface area contributed by atoms with Crippen LogP contribution in [-0.2, 0) is 0 Å². The molecular formula is C22H22N4O3. The van der Waals surface area contributed by atoms with Gasteiger partial charge in [0.1, 0.15) is 11.7 Å². The number of nitrogens with one attached hydrogen (secondary N) is 1. The van der Waals surface area contributed by atoms with Gasteiger partial charge in [0.15, 0.2) is 16.9 Å². The van der Waals surface area contributed by atoms with E-state index in [2.05, 4.69) is 18.2 Å². The van der Waals surface area contributed by atoms with Gasteiger partial charge in [-0.1, -0.05) is 6.08 Å². The summed E-state index contributed by atoms with van der Waals surface area (Å²) in [5.41, 5.74) is -0.512. The molecule has 3 atom stereocenters. The first-order valence-electron chi connectivity index (χ1n) is 9.33. The molecule has 0 spiro atoms. The largest absolute Gasteiger partial charge is 0.496 e. The Labute approximate surface area is 170 Å². The first kappa shape index (κ1) is 20.2. The van der Waals surface area contributed by atoms with Crippen molar-refractivity contribution in [1.82, 2.24) is 0 Å². The predicted octanol–water partition coefficient (Wildman–Crippen LogP) is 3.73. The second-order valence-electron chi connectivity index (χ2n) is 7.18. The van der Waals surface area contributed by atoms with Gasteiger partial charge in [-0.2, -0.15) is 15.8 Å². The number of ether oxygens (including phenoxy) is 3. The third-order valence-corrected chi connectivity index (χ3v) is 6.00.